The highest BCUT2D eigenvalue weighted by molar-refractivity contribution is 7.00. The van der Waals surface area contributed by atoms with E-state index in [1.807, 2.05) is 47.4 Å². The fraction of sp³-hybridized carbons (Fsp3) is 0.323. The third kappa shape index (κ3) is 4.78. The molecule has 0 spiro atoms. The molecule has 5 heteroatoms. The highest BCUT2D eigenvalue weighted by Crippen LogP contribution is 2.42. The van der Waals surface area contributed by atoms with Crippen LogP contribution in [0, 0.1) is 5.92 Å². The van der Waals surface area contributed by atoms with Gasteiger partial charge >= 0.3 is 8.32 Å². The predicted octanol–water partition coefficient (Wildman–Crippen LogP) is 5.57. The van der Waals surface area contributed by atoms with E-state index in [9.17, 15) is 4.79 Å². The van der Waals surface area contributed by atoms with Crippen LogP contribution in [0.4, 0.5) is 5.69 Å². The number of ether oxygens (including phenoxy) is 1. The van der Waals surface area contributed by atoms with E-state index in [0.717, 1.165) is 17.9 Å². The summed E-state index contributed by atoms with van der Waals surface area (Å²) in [6.45, 7) is 11.1. The molecule has 3 aromatic rings. The van der Waals surface area contributed by atoms with Crippen molar-refractivity contribution in [3.05, 3.63) is 97.6 Å². The van der Waals surface area contributed by atoms with Crippen molar-refractivity contribution >= 4 is 30.3 Å². The number of carbonyl (C=O) groups is 1. The summed E-state index contributed by atoms with van der Waals surface area (Å²) < 4.78 is 12.9. The number of methoxy groups -OCH3 is 1. The highest BCUT2D eigenvalue weighted by Gasteiger charge is 2.53. The van der Waals surface area contributed by atoms with Gasteiger partial charge in [-0.25, -0.2) is 0 Å². The first-order chi connectivity index (χ1) is 17.3. The second-order valence-corrected chi connectivity index (χ2v) is 14.7. The minimum Gasteiger partial charge on any atom is -0.533 e. The molecule has 0 unspecified atom stereocenters. The molecule has 0 saturated carbocycles. The van der Waals surface area contributed by atoms with Gasteiger partial charge in [0.2, 0.25) is 5.91 Å². The molecule has 0 N–H and O–H groups in total. The Morgan fingerprint density at radius 1 is 0.944 bits per heavy atom. The summed E-state index contributed by atoms with van der Waals surface area (Å²) >= 11 is 0. The summed E-state index contributed by atoms with van der Waals surface area (Å²) in [4.78, 5) is 15.5. The zero-order valence-corrected chi connectivity index (χ0v) is 22.8. The average molecular weight is 500 g/mol. The molecule has 3 aromatic carbocycles. The van der Waals surface area contributed by atoms with Gasteiger partial charge in [0, 0.05) is 13.0 Å². The maximum absolute atomic E-state index is 13.6. The van der Waals surface area contributed by atoms with E-state index < -0.39 is 8.32 Å². The van der Waals surface area contributed by atoms with E-state index in [2.05, 4.69) is 75.9 Å². The Kier molecular flexibility index (Phi) is 7.81. The normalized spacial score (nSPS) is 18.3. The van der Waals surface area contributed by atoms with E-state index in [0.29, 0.717) is 13.0 Å². The lowest BCUT2D eigenvalue weighted by atomic mass is 10.0. The van der Waals surface area contributed by atoms with Gasteiger partial charge in [-0.1, -0.05) is 99.6 Å². The van der Waals surface area contributed by atoms with Gasteiger partial charge in [-0.2, -0.15) is 0 Å². The summed E-state index contributed by atoms with van der Waals surface area (Å²) in [5, 5.41) is 2.21. The molecular weight excluding hydrogens is 462 g/mol. The number of carbonyl (C=O) groups excluding carboxylic acids is 1. The number of anilines is 1. The predicted molar refractivity (Wildman–Crippen MR) is 151 cm³/mol. The van der Waals surface area contributed by atoms with Crippen molar-refractivity contribution in [3.63, 3.8) is 0 Å². The fourth-order valence-corrected chi connectivity index (χ4v) is 9.95. The Morgan fingerprint density at radius 3 is 2.03 bits per heavy atom. The number of allylic oxidation sites excluding steroid dienone is 1. The van der Waals surface area contributed by atoms with Crippen molar-refractivity contribution in [1.82, 2.24) is 0 Å². The van der Waals surface area contributed by atoms with E-state index in [4.69, 9.17) is 9.16 Å². The standard InChI is InChI=1S/C31H37NO3Si/c1-6-15-24-22-25(23-34-5)32(30(24)33)28-20-13-14-21-29(28)35-36(31(2,3)4,26-16-9-7-10-17-26)27-18-11-8-12-19-27/h6-14,16-21,24-25H,1,15,22-23H2,2-5H3/t24-,25-/m1/s1. The van der Waals surface area contributed by atoms with E-state index >= 15 is 0 Å². The Labute approximate surface area is 216 Å². The summed E-state index contributed by atoms with van der Waals surface area (Å²) in [5.74, 6) is 0.750. The number of nitrogens with zero attached hydrogens (tertiary/aromatic N) is 1. The van der Waals surface area contributed by atoms with Crippen molar-refractivity contribution in [2.24, 2.45) is 5.92 Å². The number of benzene rings is 3. The number of rotatable bonds is 9. The van der Waals surface area contributed by atoms with Crippen LogP contribution >= 0.6 is 0 Å². The summed E-state index contributed by atoms with van der Waals surface area (Å²) in [6.07, 6.45) is 3.24. The van der Waals surface area contributed by atoms with Gasteiger partial charge in [0.25, 0.3) is 0 Å². The largest absolute Gasteiger partial charge is 0.533 e. The zero-order chi connectivity index (χ0) is 25.8. The van der Waals surface area contributed by atoms with Crippen LogP contribution in [0.5, 0.6) is 5.75 Å². The van der Waals surface area contributed by atoms with Crippen molar-refractivity contribution in [1.29, 1.82) is 0 Å². The molecule has 1 fully saturated rings. The lowest BCUT2D eigenvalue weighted by molar-refractivity contribution is -0.120. The molecule has 0 radical (unpaired) electrons. The van der Waals surface area contributed by atoms with Crippen LogP contribution in [0.25, 0.3) is 0 Å². The molecule has 1 aliphatic heterocycles. The molecule has 4 nitrogen and oxygen atoms in total. The van der Waals surface area contributed by atoms with Gasteiger partial charge in [0.05, 0.1) is 18.3 Å². The van der Waals surface area contributed by atoms with Crippen molar-refractivity contribution in [2.75, 3.05) is 18.6 Å². The quantitative estimate of drug-likeness (QED) is 0.285. The number of para-hydroxylation sites is 2. The third-order valence-corrected chi connectivity index (χ3v) is 12.1. The van der Waals surface area contributed by atoms with E-state index in [-0.39, 0.29) is 22.9 Å². The lowest BCUT2D eigenvalue weighted by Crippen LogP contribution is -2.69. The van der Waals surface area contributed by atoms with E-state index in [1.54, 1.807) is 7.11 Å². The Morgan fingerprint density at radius 2 is 1.50 bits per heavy atom. The van der Waals surface area contributed by atoms with Crippen LogP contribution < -0.4 is 19.7 Å². The van der Waals surface area contributed by atoms with Crippen molar-refractivity contribution in [3.8, 4) is 5.75 Å². The number of amides is 1. The number of hydrogen-bond donors (Lipinski definition) is 0. The molecule has 1 amide bonds. The SMILES string of the molecule is C=CC[C@@H]1C[C@H](COC)N(c2ccccc2O[Si](c2ccccc2)(c2ccccc2)C(C)(C)C)C1=O. The van der Waals surface area contributed by atoms with Gasteiger partial charge in [0.15, 0.2) is 0 Å². The molecular formula is C31H37NO3Si. The molecule has 1 aliphatic rings. The summed E-state index contributed by atoms with van der Waals surface area (Å²) in [7, 11) is -1.16. The minimum atomic E-state index is -2.85. The fourth-order valence-electron chi connectivity index (χ4n) is 5.52. The third-order valence-electron chi connectivity index (χ3n) is 7.12. The average Bonchev–Trinajstić information content (AvgIpc) is 3.18. The molecule has 2 atom stereocenters. The Balaban J connectivity index is 1.89. The van der Waals surface area contributed by atoms with Crippen LogP contribution in [0.3, 0.4) is 0 Å². The maximum Gasteiger partial charge on any atom is 0.320 e. The monoisotopic (exact) mass is 499 g/mol. The van der Waals surface area contributed by atoms with E-state index in [1.165, 1.54) is 10.4 Å². The molecule has 4 rings (SSSR count). The van der Waals surface area contributed by atoms with Gasteiger partial charge in [0.1, 0.15) is 5.75 Å². The van der Waals surface area contributed by atoms with Crippen LogP contribution in [0.2, 0.25) is 5.04 Å². The Bertz CT molecular complexity index is 1130. The zero-order valence-electron chi connectivity index (χ0n) is 21.8. The number of hydrogen-bond acceptors (Lipinski definition) is 3. The van der Waals surface area contributed by atoms with Crippen LogP contribution in [-0.2, 0) is 9.53 Å². The van der Waals surface area contributed by atoms with Crippen LogP contribution in [0.15, 0.2) is 97.6 Å². The lowest BCUT2D eigenvalue weighted by Gasteiger charge is -2.43. The smallest absolute Gasteiger partial charge is 0.320 e. The second kappa shape index (κ2) is 10.9. The minimum absolute atomic E-state index is 0.0450. The molecule has 36 heavy (non-hydrogen) atoms. The molecule has 1 saturated heterocycles. The van der Waals surface area contributed by atoms with Gasteiger partial charge in [-0.3, -0.25) is 4.79 Å². The molecule has 0 aromatic heterocycles. The van der Waals surface area contributed by atoms with Gasteiger partial charge < -0.3 is 14.1 Å². The topological polar surface area (TPSA) is 38.8 Å². The molecule has 188 valence electrons. The molecule has 0 aliphatic carbocycles. The Hall–Kier alpha value is -3.15. The summed E-state index contributed by atoms with van der Waals surface area (Å²) in [5.41, 5.74) is 0.809. The highest BCUT2D eigenvalue weighted by atomic mass is 28.4. The second-order valence-electron chi connectivity index (χ2n) is 10.5. The molecule has 1 heterocycles. The van der Waals surface area contributed by atoms with Gasteiger partial charge in [-0.05, 0) is 40.4 Å². The van der Waals surface area contributed by atoms with Crippen LogP contribution in [0.1, 0.15) is 33.6 Å². The first-order valence-electron chi connectivity index (χ1n) is 12.7. The van der Waals surface area contributed by atoms with Gasteiger partial charge in [-0.15, -0.1) is 6.58 Å². The van der Waals surface area contributed by atoms with Crippen LogP contribution in [-0.4, -0.2) is 34.0 Å². The first kappa shape index (κ1) is 25.9. The van der Waals surface area contributed by atoms with Crippen molar-refractivity contribution < 1.29 is 14.0 Å². The maximum atomic E-state index is 13.6. The summed E-state index contributed by atoms with van der Waals surface area (Å²) in [6, 6.07) is 29.1. The van der Waals surface area contributed by atoms with Crippen molar-refractivity contribution in [2.45, 2.75) is 44.7 Å². The molecule has 0 bridgehead atoms. The first-order valence-corrected chi connectivity index (χ1v) is 14.6.